The van der Waals surface area contributed by atoms with Gasteiger partial charge in [0.25, 0.3) is 0 Å². The molecule has 1 aliphatic rings. The molecular weight excluding hydrogens is 216 g/mol. The first-order valence-electron chi connectivity index (χ1n) is 6.27. The Balaban J connectivity index is 1.69. The molecule has 1 aromatic rings. The first-order chi connectivity index (χ1) is 8.25. The molecule has 0 unspecified atom stereocenters. The monoisotopic (exact) mass is 238 g/mol. The van der Waals surface area contributed by atoms with Crippen molar-refractivity contribution in [3.05, 3.63) is 23.7 Å². The fourth-order valence-electron chi connectivity index (χ4n) is 1.60. The largest absolute Gasteiger partial charge is 0.468 e. The van der Waals surface area contributed by atoms with E-state index in [1.54, 1.807) is 6.26 Å². The predicted molar refractivity (Wildman–Crippen MR) is 66.8 cm³/mol. The van der Waals surface area contributed by atoms with Crippen LogP contribution in [-0.2, 0) is 17.9 Å². The van der Waals surface area contributed by atoms with E-state index in [2.05, 4.69) is 10.2 Å². The number of hydrogen-bond acceptors (Lipinski definition) is 4. The molecule has 1 aromatic heterocycles. The Hall–Kier alpha value is -0.840. The van der Waals surface area contributed by atoms with E-state index in [0.717, 1.165) is 31.0 Å². The van der Waals surface area contributed by atoms with E-state index in [9.17, 15) is 0 Å². The molecule has 0 aromatic carbocycles. The highest BCUT2D eigenvalue weighted by Crippen LogP contribution is 2.20. The highest BCUT2D eigenvalue weighted by molar-refractivity contribution is 5.16. The maximum absolute atomic E-state index is 5.62. The first-order valence-corrected chi connectivity index (χ1v) is 6.27. The van der Waals surface area contributed by atoms with Gasteiger partial charge in [-0.3, -0.25) is 0 Å². The summed E-state index contributed by atoms with van der Waals surface area (Å²) in [6, 6.07) is 2.71. The zero-order chi connectivity index (χ0) is 12.1. The molecule has 0 atom stereocenters. The highest BCUT2D eigenvalue weighted by atomic mass is 16.5. The van der Waals surface area contributed by atoms with Crippen LogP contribution in [0.3, 0.4) is 0 Å². The normalized spacial score (nSPS) is 15.7. The maximum Gasteiger partial charge on any atom is 0.123 e. The number of nitrogens with zero attached hydrogens (tertiary/aromatic N) is 1. The van der Waals surface area contributed by atoms with Crippen LogP contribution in [0.5, 0.6) is 0 Å². The van der Waals surface area contributed by atoms with E-state index in [1.807, 2.05) is 20.2 Å². The third-order valence-electron chi connectivity index (χ3n) is 2.91. The van der Waals surface area contributed by atoms with Gasteiger partial charge in [0.2, 0.25) is 0 Å². The van der Waals surface area contributed by atoms with E-state index < -0.39 is 0 Å². The summed E-state index contributed by atoms with van der Waals surface area (Å²) in [5, 5.41) is 3.45. The van der Waals surface area contributed by atoms with E-state index in [-0.39, 0.29) is 0 Å². The standard InChI is InChI=1S/C13H22N2O2/c1-15(2)6-8-16-10-11-5-7-17-13(11)9-14-12-3-4-12/h5,7,12,14H,3-4,6,8-10H2,1-2H3. The van der Waals surface area contributed by atoms with Crippen molar-refractivity contribution in [3.8, 4) is 0 Å². The summed E-state index contributed by atoms with van der Waals surface area (Å²) in [7, 11) is 4.10. The Morgan fingerprint density at radius 2 is 2.29 bits per heavy atom. The number of hydrogen-bond donors (Lipinski definition) is 1. The van der Waals surface area contributed by atoms with Crippen LogP contribution in [-0.4, -0.2) is 38.2 Å². The number of furan rings is 1. The minimum Gasteiger partial charge on any atom is -0.468 e. The van der Waals surface area contributed by atoms with Gasteiger partial charge in [-0.25, -0.2) is 0 Å². The van der Waals surface area contributed by atoms with Crippen molar-refractivity contribution in [2.45, 2.75) is 32.0 Å². The quantitative estimate of drug-likeness (QED) is 0.698. The Morgan fingerprint density at radius 1 is 1.47 bits per heavy atom. The summed E-state index contributed by atoms with van der Waals surface area (Å²) in [5.41, 5.74) is 1.16. The van der Waals surface area contributed by atoms with Gasteiger partial charge in [-0.2, -0.15) is 0 Å². The number of ether oxygens (including phenoxy) is 1. The van der Waals surface area contributed by atoms with Crippen LogP contribution >= 0.6 is 0 Å². The average Bonchev–Trinajstić information content (AvgIpc) is 3.02. The summed E-state index contributed by atoms with van der Waals surface area (Å²) >= 11 is 0. The molecule has 1 saturated carbocycles. The molecule has 2 rings (SSSR count). The molecule has 0 aliphatic heterocycles. The van der Waals surface area contributed by atoms with Gasteiger partial charge in [-0.1, -0.05) is 0 Å². The second-order valence-corrected chi connectivity index (χ2v) is 4.88. The van der Waals surface area contributed by atoms with Crippen molar-refractivity contribution < 1.29 is 9.15 Å². The van der Waals surface area contributed by atoms with Crippen LogP contribution in [0.1, 0.15) is 24.2 Å². The molecule has 0 amide bonds. The summed E-state index contributed by atoms with van der Waals surface area (Å²) in [5.74, 6) is 1.02. The maximum atomic E-state index is 5.62. The second-order valence-electron chi connectivity index (χ2n) is 4.88. The van der Waals surface area contributed by atoms with Gasteiger partial charge in [0.1, 0.15) is 5.76 Å². The minimum absolute atomic E-state index is 0.645. The molecule has 1 aliphatic carbocycles. The zero-order valence-corrected chi connectivity index (χ0v) is 10.7. The van der Waals surface area contributed by atoms with Gasteiger partial charge < -0.3 is 19.4 Å². The Labute approximate surface area is 103 Å². The first kappa shape index (κ1) is 12.6. The van der Waals surface area contributed by atoms with E-state index in [0.29, 0.717) is 12.6 Å². The molecule has 0 radical (unpaired) electrons. The van der Waals surface area contributed by atoms with Crippen molar-refractivity contribution in [2.24, 2.45) is 0 Å². The SMILES string of the molecule is CN(C)CCOCc1ccoc1CNC1CC1. The third kappa shape index (κ3) is 4.50. The summed E-state index contributed by atoms with van der Waals surface area (Å²) in [6.07, 6.45) is 4.35. The van der Waals surface area contributed by atoms with Crippen LogP contribution < -0.4 is 5.32 Å². The topological polar surface area (TPSA) is 37.6 Å². The number of likely N-dealkylation sites (N-methyl/N-ethyl adjacent to an activating group) is 1. The molecule has 1 heterocycles. The van der Waals surface area contributed by atoms with Gasteiger partial charge >= 0.3 is 0 Å². The lowest BCUT2D eigenvalue weighted by Gasteiger charge is -2.10. The van der Waals surface area contributed by atoms with Crippen LogP contribution in [0.2, 0.25) is 0 Å². The van der Waals surface area contributed by atoms with Crippen molar-refractivity contribution in [3.63, 3.8) is 0 Å². The van der Waals surface area contributed by atoms with Crippen LogP contribution in [0, 0.1) is 0 Å². The fraction of sp³-hybridized carbons (Fsp3) is 0.692. The lowest BCUT2D eigenvalue weighted by molar-refractivity contribution is 0.104. The van der Waals surface area contributed by atoms with Crippen molar-refractivity contribution in [1.29, 1.82) is 0 Å². The molecule has 1 N–H and O–H groups in total. The molecule has 0 bridgehead atoms. The molecular formula is C13H22N2O2. The summed E-state index contributed by atoms with van der Waals surface area (Å²) in [4.78, 5) is 2.12. The number of nitrogens with one attached hydrogen (secondary N) is 1. The molecule has 0 saturated heterocycles. The van der Waals surface area contributed by atoms with Crippen molar-refractivity contribution >= 4 is 0 Å². The van der Waals surface area contributed by atoms with Crippen molar-refractivity contribution in [1.82, 2.24) is 10.2 Å². The molecule has 96 valence electrons. The van der Waals surface area contributed by atoms with Gasteiger partial charge in [0.15, 0.2) is 0 Å². The third-order valence-corrected chi connectivity index (χ3v) is 2.91. The predicted octanol–water partition coefficient (Wildman–Crippen LogP) is 1.61. The lowest BCUT2D eigenvalue weighted by atomic mass is 10.2. The Kier molecular flexibility index (Phi) is 4.59. The summed E-state index contributed by atoms with van der Waals surface area (Å²) in [6.45, 7) is 3.18. The van der Waals surface area contributed by atoms with Crippen LogP contribution in [0.4, 0.5) is 0 Å². The lowest BCUT2D eigenvalue weighted by Crippen LogP contribution is -2.18. The van der Waals surface area contributed by atoms with E-state index in [1.165, 1.54) is 12.8 Å². The van der Waals surface area contributed by atoms with Crippen LogP contribution in [0.15, 0.2) is 16.7 Å². The smallest absolute Gasteiger partial charge is 0.123 e. The van der Waals surface area contributed by atoms with Crippen LogP contribution in [0.25, 0.3) is 0 Å². The highest BCUT2D eigenvalue weighted by Gasteiger charge is 2.21. The molecule has 0 spiro atoms. The van der Waals surface area contributed by atoms with Gasteiger partial charge in [0.05, 0.1) is 26.0 Å². The van der Waals surface area contributed by atoms with Gasteiger partial charge in [-0.15, -0.1) is 0 Å². The molecule has 17 heavy (non-hydrogen) atoms. The van der Waals surface area contributed by atoms with E-state index >= 15 is 0 Å². The molecule has 4 heteroatoms. The van der Waals surface area contributed by atoms with Crippen molar-refractivity contribution in [2.75, 3.05) is 27.2 Å². The van der Waals surface area contributed by atoms with Gasteiger partial charge in [-0.05, 0) is 33.0 Å². The molecule has 4 nitrogen and oxygen atoms in total. The summed E-state index contributed by atoms with van der Waals surface area (Å²) < 4.78 is 11.1. The molecule has 1 fully saturated rings. The average molecular weight is 238 g/mol. The minimum atomic E-state index is 0.645. The van der Waals surface area contributed by atoms with E-state index in [4.69, 9.17) is 9.15 Å². The zero-order valence-electron chi connectivity index (χ0n) is 10.7. The number of rotatable bonds is 8. The van der Waals surface area contributed by atoms with Gasteiger partial charge in [0, 0.05) is 18.2 Å². The fourth-order valence-corrected chi connectivity index (χ4v) is 1.60. The Bertz CT molecular complexity index is 332. The Morgan fingerprint density at radius 3 is 3.00 bits per heavy atom. The second kappa shape index (κ2) is 6.19.